The minimum absolute atomic E-state index is 0.203. The van der Waals surface area contributed by atoms with Crippen molar-refractivity contribution >= 4 is 11.6 Å². The molecule has 3 nitrogen and oxygen atoms in total. The van der Waals surface area contributed by atoms with Gasteiger partial charge in [0.1, 0.15) is 24.3 Å². The summed E-state index contributed by atoms with van der Waals surface area (Å²) in [6.07, 6.45) is 0. The van der Waals surface area contributed by atoms with Crippen LogP contribution in [0.1, 0.15) is 11.5 Å². The van der Waals surface area contributed by atoms with E-state index in [-0.39, 0.29) is 22.5 Å². The minimum atomic E-state index is -0.538. The predicted molar refractivity (Wildman–Crippen MR) is 88.4 cm³/mol. The van der Waals surface area contributed by atoms with Crippen LogP contribution in [0.15, 0.2) is 36.4 Å². The van der Waals surface area contributed by atoms with Crippen LogP contribution in [-0.4, -0.2) is 25.9 Å². The quantitative estimate of drug-likeness (QED) is 0.905. The second-order valence-electron chi connectivity index (χ2n) is 5.65. The lowest BCUT2D eigenvalue weighted by Crippen LogP contribution is -2.59. The molecule has 1 fully saturated rings. The molecule has 0 amide bonds. The second kappa shape index (κ2) is 6.76. The molecule has 0 spiro atoms. The lowest BCUT2D eigenvalue weighted by molar-refractivity contribution is 0.210. The van der Waals surface area contributed by atoms with Gasteiger partial charge in [0.15, 0.2) is 0 Å². The molecule has 3 rings (SSSR count). The smallest absolute Gasteiger partial charge is 0.136 e. The normalized spacial score (nSPS) is 22.5. The lowest BCUT2D eigenvalue weighted by Gasteiger charge is -2.41. The summed E-state index contributed by atoms with van der Waals surface area (Å²) in [7, 11) is 1.44. The van der Waals surface area contributed by atoms with Gasteiger partial charge in [0.05, 0.1) is 18.2 Å². The van der Waals surface area contributed by atoms with Gasteiger partial charge in [0.2, 0.25) is 0 Å². The molecule has 6 heteroatoms. The van der Waals surface area contributed by atoms with Crippen molar-refractivity contribution in [1.82, 2.24) is 5.32 Å². The first-order chi connectivity index (χ1) is 11.6. The fraction of sp³-hybridized carbons (Fsp3) is 0.278. The summed E-state index contributed by atoms with van der Waals surface area (Å²) in [5, 5.41) is 12.2. The zero-order valence-electron chi connectivity index (χ0n) is 12.9. The van der Waals surface area contributed by atoms with Crippen molar-refractivity contribution in [1.29, 1.82) is 5.26 Å². The van der Waals surface area contributed by atoms with Crippen LogP contribution in [0.25, 0.3) is 11.1 Å². The molecule has 1 aliphatic heterocycles. The average molecular weight is 349 g/mol. The number of benzene rings is 2. The first-order valence-electron chi connectivity index (χ1n) is 7.44. The molecule has 1 aliphatic rings. The molecule has 0 aliphatic carbocycles. The van der Waals surface area contributed by atoms with E-state index in [2.05, 4.69) is 11.4 Å². The summed E-state index contributed by atoms with van der Waals surface area (Å²) in [5.74, 6) is -0.333. The van der Waals surface area contributed by atoms with Crippen LogP contribution in [0.4, 0.5) is 8.78 Å². The van der Waals surface area contributed by atoms with E-state index in [1.165, 1.54) is 13.2 Å². The average Bonchev–Trinajstić information content (AvgIpc) is 2.55. The Labute approximate surface area is 143 Å². The van der Waals surface area contributed by atoms with Crippen molar-refractivity contribution in [3.8, 4) is 22.9 Å². The van der Waals surface area contributed by atoms with Gasteiger partial charge in [-0.05, 0) is 17.2 Å². The van der Waals surface area contributed by atoms with Gasteiger partial charge in [0.25, 0.3) is 0 Å². The molecule has 0 unspecified atom stereocenters. The van der Waals surface area contributed by atoms with Gasteiger partial charge in [-0.2, -0.15) is 5.26 Å². The molecule has 2 aromatic rings. The van der Waals surface area contributed by atoms with Crippen LogP contribution in [0.2, 0.25) is 5.02 Å². The topological polar surface area (TPSA) is 45.0 Å². The van der Waals surface area contributed by atoms with E-state index >= 15 is 0 Å². The van der Waals surface area contributed by atoms with Gasteiger partial charge in [-0.1, -0.05) is 35.9 Å². The fourth-order valence-corrected chi connectivity index (χ4v) is 3.36. The summed E-state index contributed by atoms with van der Waals surface area (Å²) in [4.78, 5) is 0. The molecule has 2 aromatic carbocycles. The van der Waals surface area contributed by atoms with Crippen LogP contribution < -0.4 is 10.1 Å². The summed E-state index contributed by atoms with van der Waals surface area (Å²) < 4.78 is 32.2. The van der Waals surface area contributed by atoms with Gasteiger partial charge in [-0.25, -0.2) is 8.78 Å². The highest BCUT2D eigenvalue weighted by Gasteiger charge is 2.41. The third kappa shape index (κ3) is 2.83. The summed E-state index contributed by atoms with van der Waals surface area (Å²) in [6.45, 7) is -0.538. The van der Waals surface area contributed by atoms with E-state index < -0.39 is 18.5 Å². The Balaban J connectivity index is 1.92. The third-order valence-corrected chi connectivity index (χ3v) is 4.63. The maximum Gasteiger partial charge on any atom is 0.136 e. The molecule has 124 valence electrons. The van der Waals surface area contributed by atoms with Crippen molar-refractivity contribution in [2.24, 2.45) is 0 Å². The van der Waals surface area contributed by atoms with Crippen LogP contribution in [0.3, 0.4) is 0 Å². The number of nitrogens with zero attached hydrogens (tertiary/aromatic N) is 1. The van der Waals surface area contributed by atoms with E-state index in [9.17, 15) is 8.78 Å². The van der Waals surface area contributed by atoms with Crippen LogP contribution in [0, 0.1) is 17.1 Å². The third-order valence-electron chi connectivity index (χ3n) is 4.33. The summed E-state index contributed by atoms with van der Waals surface area (Å²) in [6, 6.07) is 11.2. The van der Waals surface area contributed by atoms with Crippen LogP contribution in [0.5, 0.6) is 5.75 Å². The Morgan fingerprint density at radius 1 is 1.29 bits per heavy atom. The monoisotopic (exact) mass is 348 g/mol. The highest BCUT2D eigenvalue weighted by atomic mass is 35.5. The molecular formula is C18H15ClF2N2O. The Bertz CT molecular complexity index is 766. The number of hydrogen-bond acceptors (Lipinski definition) is 3. The zero-order chi connectivity index (χ0) is 17.3. The highest BCUT2D eigenvalue weighted by Crippen LogP contribution is 2.37. The van der Waals surface area contributed by atoms with Gasteiger partial charge >= 0.3 is 0 Å². The standard InChI is InChI=1S/C18H15ClF2N2O/c1-24-12-6-13(19)17(14(21)7-12)10-2-4-11(5-3-10)18-15(8-20)23-16(18)9-22/h2-7,15-16,18,23H,8H2,1H3/t15-,16-,18+/m0/s1. The first-order valence-corrected chi connectivity index (χ1v) is 7.81. The van der Waals surface area contributed by atoms with Crippen molar-refractivity contribution in [2.45, 2.75) is 18.0 Å². The van der Waals surface area contributed by atoms with E-state index in [0.717, 1.165) is 5.56 Å². The van der Waals surface area contributed by atoms with Gasteiger partial charge in [-0.15, -0.1) is 0 Å². The number of alkyl halides is 1. The molecule has 3 atom stereocenters. The Morgan fingerprint density at radius 2 is 2.00 bits per heavy atom. The highest BCUT2D eigenvalue weighted by molar-refractivity contribution is 6.33. The molecule has 0 aromatic heterocycles. The molecule has 1 saturated heterocycles. The van der Waals surface area contributed by atoms with E-state index in [1.54, 1.807) is 30.3 Å². The van der Waals surface area contributed by atoms with Crippen LogP contribution in [-0.2, 0) is 0 Å². The molecule has 1 N–H and O–H groups in total. The number of methoxy groups -OCH3 is 1. The van der Waals surface area contributed by atoms with Gasteiger partial charge in [-0.3, -0.25) is 5.32 Å². The number of hydrogen-bond donors (Lipinski definition) is 1. The zero-order valence-corrected chi connectivity index (χ0v) is 13.6. The Kier molecular flexibility index (Phi) is 4.70. The molecule has 1 heterocycles. The molecule has 0 radical (unpaired) electrons. The second-order valence-corrected chi connectivity index (χ2v) is 6.06. The maximum atomic E-state index is 14.3. The largest absolute Gasteiger partial charge is 0.497 e. The number of ether oxygens (including phenoxy) is 1. The summed E-state index contributed by atoms with van der Waals surface area (Å²) in [5.41, 5.74) is 1.74. The number of nitriles is 1. The molecule has 0 saturated carbocycles. The SMILES string of the molecule is COc1cc(F)c(-c2ccc([C@H]3[C@H](C#N)N[C@H]3CF)cc2)c(Cl)c1. The van der Waals surface area contributed by atoms with Gasteiger partial charge in [0, 0.05) is 23.6 Å². The number of halogens is 3. The lowest BCUT2D eigenvalue weighted by atomic mass is 9.78. The van der Waals surface area contributed by atoms with Crippen molar-refractivity contribution in [2.75, 3.05) is 13.8 Å². The number of nitrogens with one attached hydrogen (secondary N) is 1. The first kappa shape index (κ1) is 16.7. The van der Waals surface area contributed by atoms with Crippen LogP contribution >= 0.6 is 11.6 Å². The van der Waals surface area contributed by atoms with Crippen molar-refractivity contribution in [3.63, 3.8) is 0 Å². The van der Waals surface area contributed by atoms with E-state index in [0.29, 0.717) is 11.3 Å². The fourth-order valence-electron chi connectivity index (χ4n) is 3.05. The molecule has 24 heavy (non-hydrogen) atoms. The van der Waals surface area contributed by atoms with E-state index in [4.69, 9.17) is 21.6 Å². The molecule has 0 bridgehead atoms. The minimum Gasteiger partial charge on any atom is -0.497 e. The number of rotatable bonds is 4. The molecular weight excluding hydrogens is 334 g/mol. The Morgan fingerprint density at radius 3 is 2.54 bits per heavy atom. The van der Waals surface area contributed by atoms with E-state index in [1.807, 2.05) is 0 Å². The van der Waals surface area contributed by atoms with Crippen molar-refractivity contribution < 1.29 is 13.5 Å². The van der Waals surface area contributed by atoms with Crippen molar-refractivity contribution in [3.05, 3.63) is 52.8 Å². The Hall–Kier alpha value is -2.16. The summed E-state index contributed by atoms with van der Waals surface area (Å²) >= 11 is 6.16. The predicted octanol–water partition coefficient (Wildman–Crippen LogP) is 4.07. The maximum absolute atomic E-state index is 14.3. The van der Waals surface area contributed by atoms with Gasteiger partial charge < -0.3 is 4.74 Å².